The molecular formula is C17H31N3O4. The molecule has 0 aliphatic carbocycles. The fourth-order valence-corrected chi connectivity index (χ4v) is 3.75. The zero-order valence-corrected chi connectivity index (χ0v) is 15.1. The molecule has 2 rings (SSSR count). The Hall–Kier alpha value is -1.18. The van der Waals surface area contributed by atoms with Crippen molar-refractivity contribution in [3.63, 3.8) is 0 Å². The van der Waals surface area contributed by atoms with Gasteiger partial charge >= 0.3 is 5.97 Å². The third-order valence-electron chi connectivity index (χ3n) is 4.93. The van der Waals surface area contributed by atoms with E-state index >= 15 is 0 Å². The molecule has 0 aromatic carbocycles. The highest BCUT2D eigenvalue weighted by Crippen LogP contribution is 2.17. The standard InChI is InChI=1S/C17H31N3O4/c1-13-9-20(10-14(2)24-13)16(21)11-19-7-4-5-15(6-8-19)18(3)12-17(22)23/h13-15H,4-12H2,1-3H3,(H,22,23). The molecule has 0 bridgehead atoms. The van der Waals surface area contributed by atoms with Gasteiger partial charge in [-0.3, -0.25) is 19.4 Å². The number of carboxylic acid groups (broad SMARTS) is 1. The van der Waals surface area contributed by atoms with Crippen LogP contribution >= 0.6 is 0 Å². The molecule has 0 radical (unpaired) electrons. The average Bonchev–Trinajstić information content (AvgIpc) is 2.71. The van der Waals surface area contributed by atoms with Crippen molar-refractivity contribution in [1.29, 1.82) is 0 Å². The second-order valence-electron chi connectivity index (χ2n) is 7.23. The van der Waals surface area contributed by atoms with E-state index in [2.05, 4.69) is 4.90 Å². The van der Waals surface area contributed by atoms with Crippen molar-refractivity contribution in [3.05, 3.63) is 0 Å². The van der Waals surface area contributed by atoms with Crippen LogP contribution in [0.1, 0.15) is 33.1 Å². The van der Waals surface area contributed by atoms with Gasteiger partial charge < -0.3 is 14.7 Å². The van der Waals surface area contributed by atoms with E-state index in [-0.39, 0.29) is 30.7 Å². The lowest BCUT2D eigenvalue weighted by atomic mass is 10.1. The number of amides is 1. The van der Waals surface area contributed by atoms with Crippen molar-refractivity contribution in [3.8, 4) is 0 Å². The molecule has 0 aromatic heterocycles. The van der Waals surface area contributed by atoms with Crippen LogP contribution in [0.2, 0.25) is 0 Å². The Morgan fingerprint density at radius 1 is 1.17 bits per heavy atom. The number of carboxylic acids is 1. The van der Waals surface area contributed by atoms with Gasteiger partial charge in [-0.05, 0) is 46.7 Å². The number of aliphatic carboxylic acids is 1. The fraction of sp³-hybridized carbons (Fsp3) is 0.882. The zero-order valence-electron chi connectivity index (χ0n) is 15.1. The van der Waals surface area contributed by atoms with E-state index in [1.54, 1.807) is 0 Å². The number of hydrogen-bond donors (Lipinski definition) is 1. The second kappa shape index (κ2) is 8.78. The first-order chi connectivity index (χ1) is 11.3. The lowest BCUT2D eigenvalue weighted by Gasteiger charge is -2.36. The number of nitrogens with zero attached hydrogens (tertiary/aromatic N) is 3. The fourth-order valence-electron chi connectivity index (χ4n) is 3.75. The minimum atomic E-state index is -0.788. The van der Waals surface area contributed by atoms with Crippen LogP contribution in [0.3, 0.4) is 0 Å². The minimum absolute atomic E-state index is 0.0765. The molecule has 3 unspecified atom stereocenters. The Labute approximate surface area is 144 Å². The maximum absolute atomic E-state index is 12.6. The molecule has 1 amide bonds. The number of carbonyl (C=O) groups is 2. The number of carbonyl (C=O) groups excluding carboxylic acids is 1. The predicted molar refractivity (Wildman–Crippen MR) is 90.9 cm³/mol. The molecule has 2 heterocycles. The van der Waals surface area contributed by atoms with Crippen molar-refractivity contribution in [2.24, 2.45) is 0 Å². The van der Waals surface area contributed by atoms with Crippen LogP contribution in [0.15, 0.2) is 0 Å². The Balaban J connectivity index is 1.81. The van der Waals surface area contributed by atoms with Gasteiger partial charge in [0.25, 0.3) is 0 Å². The van der Waals surface area contributed by atoms with Gasteiger partial charge in [-0.2, -0.15) is 0 Å². The summed E-state index contributed by atoms with van der Waals surface area (Å²) in [5.41, 5.74) is 0. The summed E-state index contributed by atoms with van der Waals surface area (Å²) in [6.45, 7) is 7.62. The predicted octanol–water partition coefficient (Wildman–Crippen LogP) is 0.493. The van der Waals surface area contributed by atoms with E-state index in [1.165, 1.54) is 0 Å². The third kappa shape index (κ3) is 5.72. The van der Waals surface area contributed by atoms with Gasteiger partial charge in [0.15, 0.2) is 0 Å². The average molecular weight is 341 g/mol. The van der Waals surface area contributed by atoms with Crippen LogP contribution in [0, 0.1) is 0 Å². The second-order valence-corrected chi connectivity index (χ2v) is 7.23. The molecule has 0 saturated carbocycles. The quantitative estimate of drug-likeness (QED) is 0.785. The summed E-state index contributed by atoms with van der Waals surface area (Å²) in [7, 11) is 1.87. The summed E-state index contributed by atoms with van der Waals surface area (Å²) in [6.07, 6.45) is 3.08. The first-order valence-electron chi connectivity index (χ1n) is 8.92. The molecular weight excluding hydrogens is 310 g/mol. The molecule has 2 aliphatic heterocycles. The summed E-state index contributed by atoms with van der Waals surface area (Å²) >= 11 is 0. The van der Waals surface area contributed by atoms with Crippen LogP contribution in [-0.2, 0) is 14.3 Å². The van der Waals surface area contributed by atoms with Gasteiger partial charge in [0.1, 0.15) is 0 Å². The van der Waals surface area contributed by atoms with Gasteiger partial charge in [-0.25, -0.2) is 0 Å². The van der Waals surface area contributed by atoms with Gasteiger partial charge in [0.05, 0.1) is 25.3 Å². The van der Waals surface area contributed by atoms with Gasteiger partial charge in [-0.1, -0.05) is 0 Å². The molecule has 138 valence electrons. The molecule has 2 fully saturated rings. The van der Waals surface area contributed by atoms with E-state index in [0.717, 1.165) is 32.4 Å². The van der Waals surface area contributed by atoms with Crippen LogP contribution in [-0.4, -0.2) is 96.2 Å². The highest BCUT2D eigenvalue weighted by atomic mass is 16.5. The van der Waals surface area contributed by atoms with Crippen molar-refractivity contribution in [2.75, 3.05) is 46.3 Å². The van der Waals surface area contributed by atoms with Crippen molar-refractivity contribution >= 4 is 11.9 Å². The first kappa shape index (κ1) is 19.1. The maximum atomic E-state index is 12.6. The Morgan fingerprint density at radius 3 is 2.46 bits per heavy atom. The molecule has 2 aliphatic rings. The molecule has 1 N–H and O–H groups in total. The topological polar surface area (TPSA) is 73.3 Å². The van der Waals surface area contributed by atoms with Crippen LogP contribution in [0.25, 0.3) is 0 Å². The van der Waals surface area contributed by atoms with E-state index in [4.69, 9.17) is 9.84 Å². The molecule has 0 spiro atoms. The third-order valence-corrected chi connectivity index (χ3v) is 4.93. The van der Waals surface area contributed by atoms with Crippen molar-refractivity contribution < 1.29 is 19.4 Å². The van der Waals surface area contributed by atoms with Crippen molar-refractivity contribution in [1.82, 2.24) is 14.7 Å². The summed E-state index contributed by atoms with van der Waals surface area (Å²) in [5.74, 6) is -0.612. The molecule has 7 heteroatoms. The molecule has 3 atom stereocenters. The number of likely N-dealkylation sites (N-methyl/N-ethyl adjacent to an activating group) is 1. The number of ether oxygens (including phenoxy) is 1. The van der Waals surface area contributed by atoms with E-state index in [9.17, 15) is 9.59 Å². The van der Waals surface area contributed by atoms with Crippen molar-refractivity contribution in [2.45, 2.75) is 51.4 Å². The Kier molecular flexibility index (Phi) is 7.01. The highest BCUT2D eigenvalue weighted by Gasteiger charge is 2.28. The number of rotatable bonds is 5. The highest BCUT2D eigenvalue weighted by molar-refractivity contribution is 5.78. The molecule has 7 nitrogen and oxygen atoms in total. The molecule has 24 heavy (non-hydrogen) atoms. The van der Waals surface area contributed by atoms with Crippen LogP contribution in [0.5, 0.6) is 0 Å². The van der Waals surface area contributed by atoms with E-state index in [1.807, 2.05) is 30.7 Å². The molecule has 0 aromatic rings. The summed E-state index contributed by atoms with van der Waals surface area (Å²) in [6, 6.07) is 0.282. The smallest absolute Gasteiger partial charge is 0.317 e. The normalized spacial score (nSPS) is 29.5. The van der Waals surface area contributed by atoms with Gasteiger partial charge in [0.2, 0.25) is 5.91 Å². The molecule has 2 saturated heterocycles. The number of likely N-dealkylation sites (tertiary alicyclic amines) is 1. The van der Waals surface area contributed by atoms with Crippen LogP contribution in [0.4, 0.5) is 0 Å². The lowest BCUT2D eigenvalue weighted by molar-refractivity contribution is -0.144. The van der Waals surface area contributed by atoms with Crippen LogP contribution < -0.4 is 0 Å². The largest absolute Gasteiger partial charge is 0.480 e. The van der Waals surface area contributed by atoms with Gasteiger partial charge in [0, 0.05) is 25.7 Å². The lowest BCUT2D eigenvalue weighted by Crippen LogP contribution is -2.51. The Morgan fingerprint density at radius 2 is 1.83 bits per heavy atom. The summed E-state index contributed by atoms with van der Waals surface area (Å²) in [5, 5.41) is 8.93. The zero-order chi connectivity index (χ0) is 17.7. The number of morpholine rings is 1. The summed E-state index contributed by atoms with van der Waals surface area (Å²) < 4.78 is 5.69. The SMILES string of the molecule is CC1CN(C(=O)CN2CCCC(N(C)CC(=O)O)CC2)CC(C)O1. The first-order valence-corrected chi connectivity index (χ1v) is 8.92. The maximum Gasteiger partial charge on any atom is 0.317 e. The Bertz CT molecular complexity index is 436. The summed E-state index contributed by atoms with van der Waals surface area (Å²) in [4.78, 5) is 29.5. The number of hydrogen-bond acceptors (Lipinski definition) is 5. The van der Waals surface area contributed by atoms with E-state index < -0.39 is 5.97 Å². The van der Waals surface area contributed by atoms with Gasteiger partial charge in [-0.15, -0.1) is 0 Å². The monoisotopic (exact) mass is 341 g/mol. The minimum Gasteiger partial charge on any atom is -0.480 e. The van der Waals surface area contributed by atoms with E-state index in [0.29, 0.717) is 19.6 Å².